The van der Waals surface area contributed by atoms with Gasteiger partial charge in [-0.25, -0.2) is 8.42 Å². The molecule has 8 heteroatoms. The third-order valence-electron chi connectivity index (χ3n) is 6.30. The zero-order chi connectivity index (χ0) is 21.9. The average Bonchev–Trinajstić information content (AvgIpc) is 2.79. The molecule has 1 aliphatic heterocycles. The van der Waals surface area contributed by atoms with Gasteiger partial charge in [0, 0.05) is 30.6 Å². The number of rotatable bonds is 7. The Balaban J connectivity index is 1.54. The summed E-state index contributed by atoms with van der Waals surface area (Å²) in [5.41, 5.74) is 1.48. The molecule has 31 heavy (non-hydrogen) atoms. The second kappa shape index (κ2) is 8.98. The smallest absolute Gasteiger partial charge is 0.251 e. The van der Waals surface area contributed by atoms with Crippen LogP contribution in [0.2, 0.25) is 0 Å². The summed E-state index contributed by atoms with van der Waals surface area (Å²) in [5.74, 6) is -0.0638. The van der Waals surface area contributed by atoms with Crippen LogP contribution in [0.1, 0.15) is 35.2 Å². The molecular weight excluding hydrogens is 416 g/mol. The predicted octanol–water partition coefficient (Wildman–Crippen LogP) is 2.57. The molecule has 0 bridgehead atoms. The van der Waals surface area contributed by atoms with Gasteiger partial charge in [0.2, 0.25) is 10.0 Å². The van der Waals surface area contributed by atoms with Gasteiger partial charge in [-0.05, 0) is 36.6 Å². The van der Waals surface area contributed by atoms with Gasteiger partial charge in [-0.3, -0.25) is 4.79 Å². The zero-order valence-electron chi connectivity index (χ0n) is 17.7. The Morgan fingerprint density at radius 1 is 1.13 bits per heavy atom. The van der Waals surface area contributed by atoms with E-state index in [1.165, 1.54) is 23.0 Å². The van der Waals surface area contributed by atoms with Crippen molar-refractivity contribution >= 4 is 15.9 Å². The summed E-state index contributed by atoms with van der Waals surface area (Å²) in [6, 6.07) is 14.8. The summed E-state index contributed by atoms with van der Waals surface area (Å²) >= 11 is 0. The number of hydrogen-bond acceptors (Lipinski definition) is 5. The van der Waals surface area contributed by atoms with Crippen LogP contribution in [0.25, 0.3) is 0 Å². The van der Waals surface area contributed by atoms with E-state index in [1.807, 2.05) is 18.2 Å². The zero-order valence-corrected chi connectivity index (χ0v) is 18.5. The van der Waals surface area contributed by atoms with E-state index in [9.17, 15) is 13.2 Å². The Labute approximate surface area is 183 Å². The lowest BCUT2D eigenvalue weighted by Crippen LogP contribution is -2.45. The number of carbonyl (C=O) groups is 1. The number of carbonyl (C=O) groups excluding carboxylic acids is 1. The van der Waals surface area contributed by atoms with Crippen molar-refractivity contribution in [3.8, 4) is 5.75 Å². The molecule has 1 amide bonds. The average molecular weight is 445 g/mol. The van der Waals surface area contributed by atoms with Gasteiger partial charge >= 0.3 is 0 Å². The molecular formula is C23H28N2O5S. The van der Waals surface area contributed by atoms with Crippen LogP contribution in [-0.2, 0) is 20.2 Å². The topological polar surface area (TPSA) is 84.9 Å². The van der Waals surface area contributed by atoms with Crippen LogP contribution in [0, 0.1) is 0 Å². The van der Waals surface area contributed by atoms with Crippen LogP contribution in [0.15, 0.2) is 53.4 Å². The normalized spacial score (nSPS) is 18.7. The molecule has 1 N–H and O–H groups in total. The maximum Gasteiger partial charge on any atom is 0.251 e. The van der Waals surface area contributed by atoms with E-state index in [4.69, 9.17) is 9.47 Å². The SMILES string of the molecule is COc1ccc(C(=O)NCC2(c3ccccc3)CCC2)cc1S(=O)(=O)N1CCOCC1. The Kier molecular flexibility index (Phi) is 6.31. The number of morpholine rings is 1. The van der Waals surface area contributed by atoms with Crippen molar-refractivity contribution in [1.29, 1.82) is 0 Å². The molecule has 0 atom stereocenters. The number of benzene rings is 2. The van der Waals surface area contributed by atoms with Crippen molar-refractivity contribution in [1.82, 2.24) is 9.62 Å². The van der Waals surface area contributed by atoms with Crippen LogP contribution in [0.4, 0.5) is 0 Å². The van der Waals surface area contributed by atoms with Gasteiger partial charge in [-0.15, -0.1) is 0 Å². The standard InChI is InChI=1S/C23H28N2O5S/c1-29-20-9-8-18(16-21(20)31(27,28)25-12-14-30-15-13-25)22(26)24-17-23(10-5-11-23)19-6-3-2-4-7-19/h2-4,6-9,16H,5,10-15,17H2,1H3,(H,24,26). The number of nitrogens with zero attached hydrogens (tertiary/aromatic N) is 1. The summed E-state index contributed by atoms with van der Waals surface area (Å²) in [6.07, 6.45) is 3.18. The number of methoxy groups -OCH3 is 1. The number of amides is 1. The van der Waals surface area contributed by atoms with Gasteiger partial charge in [0.05, 0.1) is 20.3 Å². The van der Waals surface area contributed by atoms with Gasteiger partial charge in [-0.2, -0.15) is 4.31 Å². The lowest BCUT2D eigenvalue weighted by atomic mass is 9.64. The lowest BCUT2D eigenvalue weighted by molar-refractivity contribution is 0.0729. The van der Waals surface area contributed by atoms with E-state index in [1.54, 1.807) is 12.1 Å². The van der Waals surface area contributed by atoms with Crippen molar-refractivity contribution in [2.75, 3.05) is 40.0 Å². The molecule has 7 nitrogen and oxygen atoms in total. The van der Waals surface area contributed by atoms with E-state index in [-0.39, 0.29) is 35.1 Å². The highest BCUT2D eigenvalue weighted by molar-refractivity contribution is 7.89. The summed E-state index contributed by atoms with van der Waals surface area (Å²) in [7, 11) is -2.37. The van der Waals surface area contributed by atoms with Gasteiger partial charge in [-0.1, -0.05) is 36.8 Å². The van der Waals surface area contributed by atoms with Crippen molar-refractivity contribution in [3.63, 3.8) is 0 Å². The van der Waals surface area contributed by atoms with Crippen LogP contribution >= 0.6 is 0 Å². The third kappa shape index (κ3) is 4.33. The quantitative estimate of drug-likeness (QED) is 0.710. The fourth-order valence-corrected chi connectivity index (χ4v) is 5.85. The fraction of sp³-hybridized carbons (Fsp3) is 0.435. The molecule has 2 fully saturated rings. The molecule has 2 aromatic carbocycles. The molecule has 1 heterocycles. The summed E-state index contributed by atoms with van der Waals surface area (Å²) in [6.45, 7) is 1.78. The molecule has 0 radical (unpaired) electrons. The van der Waals surface area contributed by atoms with Crippen LogP contribution < -0.4 is 10.1 Å². The number of sulfonamides is 1. The first-order valence-corrected chi connectivity index (χ1v) is 12.0. The van der Waals surface area contributed by atoms with E-state index in [0.717, 1.165) is 19.3 Å². The first-order chi connectivity index (χ1) is 15.0. The lowest BCUT2D eigenvalue weighted by Gasteiger charge is -2.42. The Bertz CT molecular complexity index is 1030. The van der Waals surface area contributed by atoms with Crippen molar-refractivity contribution in [3.05, 3.63) is 59.7 Å². The third-order valence-corrected chi connectivity index (χ3v) is 8.22. The summed E-state index contributed by atoms with van der Waals surface area (Å²) in [4.78, 5) is 12.9. The first kappa shape index (κ1) is 21.8. The predicted molar refractivity (Wildman–Crippen MR) is 117 cm³/mol. The van der Waals surface area contributed by atoms with Gasteiger partial charge < -0.3 is 14.8 Å². The first-order valence-electron chi connectivity index (χ1n) is 10.6. The number of hydrogen-bond donors (Lipinski definition) is 1. The molecule has 1 aliphatic carbocycles. The molecule has 166 valence electrons. The minimum atomic E-state index is -3.79. The van der Waals surface area contributed by atoms with Crippen molar-refractivity contribution in [2.24, 2.45) is 0 Å². The monoisotopic (exact) mass is 444 g/mol. The minimum absolute atomic E-state index is 0.00552. The fourth-order valence-electron chi connectivity index (χ4n) is 4.26. The molecule has 0 spiro atoms. The van der Waals surface area contributed by atoms with Gasteiger partial charge in [0.15, 0.2) is 0 Å². The molecule has 2 aliphatic rings. The van der Waals surface area contributed by atoms with E-state index >= 15 is 0 Å². The van der Waals surface area contributed by atoms with Crippen molar-refractivity contribution < 1.29 is 22.7 Å². The summed E-state index contributed by atoms with van der Waals surface area (Å²) in [5, 5.41) is 3.03. The molecule has 4 rings (SSSR count). The van der Waals surface area contributed by atoms with E-state index in [0.29, 0.717) is 25.3 Å². The second-order valence-corrected chi connectivity index (χ2v) is 9.97. The number of nitrogens with one attached hydrogen (secondary N) is 1. The maximum absolute atomic E-state index is 13.2. The van der Waals surface area contributed by atoms with Gasteiger partial charge in [0.25, 0.3) is 5.91 Å². The van der Waals surface area contributed by atoms with E-state index in [2.05, 4.69) is 17.4 Å². The van der Waals surface area contributed by atoms with Gasteiger partial charge in [0.1, 0.15) is 10.6 Å². The van der Waals surface area contributed by atoms with Crippen LogP contribution in [0.5, 0.6) is 5.75 Å². The van der Waals surface area contributed by atoms with E-state index < -0.39 is 10.0 Å². The second-order valence-electron chi connectivity index (χ2n) is 8.06. The Morgan fingerprint density at radius 3 is 2.45 bits per heavy atom. The number of ether oxygens (including phenoxy) is 2. The molecule has 0 unspecified atom stereocenters. The molecule has 0 aromatic heterocycles. The molecule has 1 saturated carbocycles. The van der Waals surface area contributed by atoms with Crippen LogP contribution in [0.3, 0.4) is 0 Å². The highest BCUT2D eigenvalue weighted by Gasteiger charge is 2.39. The highest BCUT2D eigenvalue weighted by Crippen LogP contribution is 2.43. The van der Waals surface area contributed by atoms with Crippen molar-refractivity contribution in [2.45, 2.75) is 29.6 Å². The largest absolute Gasteiger partial charge is 0.495 e. The molecule has 2 aromatic rings. The minimum Gasteiger partial charge on any atom is -0.495 e. The highest BCUT2D eigenvalue weighted by atomic mass is 32.2. The maximum atomic E-state index is 13.2. The Hall–Kier alpha value is -2.42. The molecule has 1 saturated heterocycles. The summed E-state index contributed by atoms with van der Waals surface area (Å²) < 4.78 is 38.2. The van der Waals surface area contributed by atoms with Crippen LogP contribution in [-0.4, -0.2) is 58.6 Å². The Morgan fingerprint density at radius 2 is 1.84 bits per heavy atom.